The number of hydrogen-bond donors (Lipinski definition) is 2. The zero-order chi connectivity index (χ0) is 37.4. The fraction of sp³-hybridized carbons (Fsp3) is 0.366. The Hall–Kier alpha value is -4.91. The zero-order valence-corrected chi connectivity index (χ0v) is 31.8. The Morgan fingerprint density at radius 1 is 0.981 bits per heavy atom. The lowest BCUT2D eigenvalue weighted by Crippen LogP contribution is -2.41. The van der Waals surface area contributed by atoms with E-state index in [9.17, 15) is 18.0 Å². The van der Waals surface area contributed by atoms with Crippen molar-refractivity contribution in [2.45, 2.75) is 69.0 Å². The van der Waals surface area contributed by atoms with Crippen LogP contribution in [0.5, 0.6) is 0 Å². The summed E-state index contributed by atoms with van der Waals surface area (Å²) in [5, 5.41) is 3.02. The molecule has 1 saturated heterocycles. The van der Waals surface area contributed by atoms with Crippen LogP contribution in [0.25, 0.3) is 33.4 Å². The average Bonchev–Trinajstić information content (AvgIpc) is 3.57. The van der Waals surface area contributed by atoms with Crippen LogP contribution < -0.4 is 5.32 Å². The number of aromatic nitrogens is 3. The number of amides is 2. The van der Waals surface area contributed by atoms with Gasteiger partial charge in [0.1, 0.15) is 5.52 Å². The number of fused-ring (bicyclic) bond motifs is 2. The van der Waals surface area contributed by atoms with Gasteiger partial charge in [0.2, 0.25) is 15.7 Å². The van der Waals surface area contributed by atoms with Crippen LogP contribution in [0.15, 0.2) is 70.8 Å². The third-order valence-corrected chi connectivity index (χ3v) is 12.1. The molecule has 11 nitrogen and oxygen atoms in total. The van der Waals surface area contributed by atoms with Crippen LogP contribution in [0.1, 0.15) is 57.4 Å². The molecule has 0 spiro atoms. The van der Waals surface area contributed by atoms with E-state index in [0.717, 1.165) is 59.2 Å². The van der Waals surface area contributed by atoms with Crippen LogP contribution in [-0.4, -0.2) is 91.4 Å². The summed E-state index contributed by atoms with van der Waals surface area (Å²) >= 11 is 0. The van der Waals surface area contributed by atoms with E-state index in [2.05, 4.69) is 39.2 Å². The summed E-state index contributed by atoms with van der Waals surface area (Å²) in [7, 11) is -0.690. The number of carbonyl (C=O) groups excluding carboxylic acids is 2. The van der Waals surface area contributed by atoms with Gasteiger partial charge in [0, 0.05) is 82.3 Å². The molecule has 0 atom stereocenters. The molecule has 2 N–H and O–H groups in total. The molecule has 53 heavy (non-hydrogen) atoms. The molecule has 3 aromatic carbocycles. The van der Waals surface area contributed by atoms with Gasteiger partial charge in [0.25, 0.3) is 5.91 Å². The van der Waals surface area contributed by atoms with Crippen LogP contribution in [0, 0.1) is 20.8 Å². The van der Waals surface area contributed by atoms with Crippen LogP contribution in [-0.2, 0) is 32.3 Å². The van der Waals surface area contributed by atoms with E-state index in [0.29, 0.717) is 60.6 Å². The molecule has 2 aliphatic rings. The molecule has 0 radical (unpaired) electrons. The van der Waals surface area contributed by atoms with E-state index >= 15 is 0 Å². The number of benzene rings is 3. The summed E-state index contributed by atoms with van der Waals surface area (Å²) in [6, 6.07) is 15.4. The van der Waals surface area contributed by atoms with Gasteiger partial charge in [0.05, 0.1) is 11.1 Å². The highest BCUT2D eigenvalue weighted by molar-refractivity contribution is 7.91. The zero-order valence-electron chi connectivity index (χ0n) is 31.0. The molecule has 0 unspecified atom stereocenters. The van der Waals surface area contributed by atoms with Crippen molar-refractivity contribution in [1.29, 1.82) is 0 Å². The fourth-order valence-electron chi connectivity index (χ4n) is 7.47. The van der Waals surface area contributed by atoms with Gasteiger partial charge in [-0.05, 0) is 97.2 Å². The second-order valence-electron chi connectivity index (χ2n) is 14.5. The molecule has 5 aromatic rings. The quantitative estimate of drug-likeness (QED) is 0.194. The summed E-state index contributed by atoms with van der Waals surface area (Å²) < 4.78 is 34.5. The Morgan fingerprint density at radius 2 is 1.75 bits per heavy atom. The molecule has 2 aliphatic heterocycles. The molecular formula is C41H46N6O5S. The van der Waals surface area contributed by atoms with Crippen molar-refractivity contribution in [3.8, 4) is 22.3 Å². The van der Waals surface area contributed by atoms with E-state index in [1.807, 2.05) is 38.1 Å². The van der Waals surface area contributed by atoms with Gasteiger partial charge in [-0.1, -0.05) is 30.3 Å². The van der Waals surface area contributed by atoms with Gasteiger partial charge in [0.15, 0.2) is 10.7 Å². The number of aromatic amines is 1. The van der Waals surface area contributed by atoms with Gasteiger partial charge >= 0.3 is 0 Å². The van der Waals surface area contributed by atoms with Crippen LogP contribution in [0.2, 0.25) is 0 Å². The maximum atomic E-state index is 14.5. The SMILES string of the molecule is Cc1ccc(-c2cc(C)c3c(c2)CN(CCC(=O)NC2CCOCC2)CC3)c(S(=O)(=O)c2cnc3[nH]cc(-c4ccc(C(=O)N(C)C)c(C)c4)c3n2)c1. The fourth-order valence-corrected chi connectivity index (χ4v) is 8.91. The second kappa shape index (κ2) is 14.8. The minimum Gasteiger partial charge on any atom is -0.381 e. The molecule has 0 bridgehead atoms. The van der Waals surface area contributed by atoms with Crippen molar-refractivity contribution < 1.29 is 22.7 Å². The monoisotopic (exact) mass is 734 g/mol. The van der Waals surface area contributed by atoms with Crippen molar-refractivity contribution in [2.24, 2.45) is 0 Å². The number of ether oxygens (including phenoxy) is 1. The molecule has 1 fully saturated rings. The first kappa shape index (κ1) is 36.4. The van der Waals surface area contributed by atoms with E-state index in [1.165, 1.54) is 16.7 Å². The predicted octanol–water partition coefficient (Wildman–Crippen LogP) is 5.80. The second-order valence-corrected chi connectivity index (χ2v) is 16.4. The summed E-state index contributed by atoms with van der Waals surface area (Å²) in [6.07, 6.45) is 6.07. The number of sulfone groups is 1. The Morgan fingerprint density at radius 3 is 2.51 bits per heavy atom. The highest BCUT2D eigenvalue weighted by atomic mass is 32.2. The lowest BCUT2D eigenvalue weighted by molar-refractivity contribution is -0.122. The molecular weight excluding hydrogens is 689 g/mol. The van der Waals surface area contributed by atoms with Crippen LogP contribution in [0.4, 0.5) is 0 Å². The lowest BCUT2D eigenvalue weighted by Gasteiger charge is -2.30. The number of rotatable bonds is 9. The number of hydrogen-bond acceptors (Lipinski definition) is 8. The molecule has 12 heteroatoms. The Labute approximate surface area is 310 Å². The van der Waals surface area contributed by atoms with Gasteiger partial charge in [-0.15, -0.1) is 0 Å². The first-order chi connectivity index (χ1) is 25.4. The number of nitrogens with zero attached hydrogens (tertiary/aromatic N) is 4. The maximum absolute atomic E-state index is 14.5. The highest BCUT2D eigenvalue weighted by Crippen LogP contribution is 2.36. The van der Waals surface area contributed by atoms with Crippen LogP contribution >= 0.6 is 0 Å². The summed E-state index contributed by atoms with van der Waals surface area (Å²) in [5.74, 6) is -0.0214. The highest BCUT2D eigenvalue weighted by Gasteiger charge is 2.28. The number of nitrogens with one attached hydrogen (secondary N) is 2. The normalized spacial score (nSPS) is 15.3. The van der Waals surface area contributed by atoms with E-state index in [-0.39, 0.29) is 27.8 Å². The Bertz CT molecular complexity index is 2330. The molecule has 7 rings (SSSR count). The third-order valence-electron chi connectivity index (χ3n) is 10.4. The third kappa shape index (κ3) is 7.49. The van der Waals surface area contributed by atoms with Crippen molar-refractivity contribution in [1.82, 2.24) is 30.1 Å². The molecule has 0 aliphatic carbocycles. The van der Waals surface area contributed by atoms with Gasteiger partial charge in [-0.25, -0.2) is 18.4 Å². The van der Waals surface area contributed by atoms with Gasteiger partial charge in [-0.3, -0.25) is 14.5 Å². The number of H-pyrrole nitrogens is 1. The largest absolute Gasteiger partial charge is 0.381 e. The van der Waals surface area contributed by atoms with Gasteiger partial charge in [-0.2, -0.15) is 0 Å². The summed E-state index contributed by atoms with van der Waals surface area (Å²) in [4.78, 5) is 41.7. The molecule has 2 aromatic heterocycles. The van der Waals surface area contributed by atoms with Crippen LogP contribution in [0.3, 0.4) is 0 Å². The first-order valence-electron chi connectivity index (χ1n) is 18.1. The average molecular weight is 735 g/mol. The van der Waals surface area contributed by atoms with Crippen molar-refractivity contribution >= 4 is 32.8 Å². The first-order valence-corrected chi connectivity index (χ1v) is 19.6. The van der Waals surface area contributed by atoms with Gasteiger partial charge < -0.3 is 19.9 Å². The predicted molar refractivity (Wildman–Crippen MR) is 204 cm³/mol. The molecule has 4 heterocycles. The smallest absolute Gasteiger partial charge is 0.253 e. The maximum Gasteiger partial charge on any atom is 0.253 e. The Kier molecular flexibility index (Phi) is 10.2. The molecule has 0 saturated carbocycles. The van der Waals surface area contributed by atoms with Crippen molar-refractivity contribution in [3.63, 3.8) is 0 Å². The minimum absolute atomic E-state index is 0.0692. The molecule has 2 amide bonds. The van der Waals surface area contributed by atoms with E-state index in [1.54, 1.807) is 32.4 Å². The molecule has 276 valence electrons. The standard InChI is InChI=1S/C41H46N6O5S/c1-25-6-8-34(29-20-26(2)32-10-14-47(24-30(32)21-29)15-11-37(48)44-31-12-16-52-17-13-31)36(18-25)53(50,51)38-23-43-40-39(45-38)35(22-42-40)28-7-9-33(27(3)19-28)41(49)46(4)5/h6-9,18-23,31H,10-17,24H2,1-5H3,(H,42,43)(H,44,48). The summed E-state index contributed by atoms with van der Waals surface area (Å²) in [6.45, 7) is 9.42. The number of carbonyl (C=O) groups is 2. The number of aryl methyl sites for hydroxylation is 3. The minimum atomic E-state index is -4.12. The van der Waals surface area contributed by atoms with Crippen molar-refractivity contribution in [2.75, 3.05) is 40.4 Å². The topological polar surface area (TPSA) is 138 Å². The lowest BCUT2D eigenvalue weighted by atomic mass is 9.90. The van der Waals surface area contributed by atoms with Crippen molar-refractivity contribution in [3.05, 3.63) is 94.3 Å². The van der Waals surface area contributed by atoms with E-state index < -0.39 is 9.84 Å². The summed E-state index contributed by atoms with van der Waals surface area (Å²) in [5.41, 5.74) is 9.54. The van der Waals surface area contributed by atoms with E-state index in [4.69, 9.17) is 9.72 Å². The Balaban J connectivity index is 1.17.